The molecule has 3 rings (SSSR count). The third kappa shape index (κ3) is 2.72. The molecular formula is C15H12F3NO2S. The highest BCUT2D eigenvalue weighted by Gasteiger charge is 2.35. The molecular weight excluding hydrogens is 315 g/mol. The van der Waals surface area contributed by atoms with Crippen LogP contribution in [-0.4, -0.2) is 16.6 Å². The molecule has 0 N–H and O–H groups in total. The predicted molar refractivity (Wildman–Crippen MR) is 75.5 cm³/mol. The van der Waals surface area contributed by atoms with E-state index in [9.17, 15) is 18.0 Å². The molecule has 1 fully saturated rings. The van der Waals surface area contributed by atoms with Gasteiger partial charge in [-0.05, 0) is 36.8 Å². The van der Waals surface area contributed by atoms with Crippen LogP contribution in [0.2, 0.25) is 0 Å². The fraction of sp³-hybridized carbons (Fsp3) is 0.267. The van der Waals surface area contributed by atoms with Crippen molar-refractivity contribution in [3.05, 3.63) is 58.8 Å². The lowest BCUT2D eigenvalue weighted by Crippen LogP contribution is -2.27. The summed E-state index contributed by atoms with van der Waals surface area (Å²) in [6, 6.07) is 5.36. The van der Waals surface area contributed by atoms with Crippen LogP contribution in [0.1, 0.15) is 22.5 Å². The number of carbonyl (C=O) groups is 1. The van der Waals surface area contributed by atoms with Gasteiger partial charge in [-0.25, -0.2) is 13.2 Å². The van der Waals surface area contributed by atoms with Gasteiger partial charge in [-0.1, -0.05) is 0 Å². The van der Waals surface area contributed by atoms with E-state index in [1.54, 1.807) is 19.1 Å². The maximum atomic E-state index is 13.3. The van der Waals surface area contributed by atoms with Crippen molar-refractivity contribution < 1.29 is 22.4 Å². The van der Waals surface area contributed by atoms with Crippen LogP contribution in [0.15, 0.2) is 28.7 Å². The molecule has 2 heterocycles. The SMILES string of the molecule is Cc1ccc(C2SCC(=O)N2Cc2cc(F)c(F)c(F)c2)o1. The monoisotopic (exact) mass is 327 g/mol. The number of thioether (sulfide) groups is 1. The maximum absolute atomic E-state index is 13.3. The van der Waals surface area contributed by atoms with Gasteiger partial charge in [0.1, 0.15) is 16.9 Å². The first-order chi connectivity index (χ1) is 10.5. The number of halogens is 3. The molecule has 1 aromatic carbocycles. The first-order valence-corrected chi connectivity index (χ1v) is 7.61. The molecule has 0 saturated carbocycles. The Morgan fingerprint density at radius 2 is 1.95 bits per heavy atom. The van der Waals surface area contributed by atoms with Gasteiger partial charge in [0.25, 0.3) is 0 Å². The van der Waals surface area contributed by atoms with Crippen molar-refractivity contribution in [1.29, 1.82) is 0 Å². The van der Waals surface area contributed by atoms with E-state index in [2.05, 4.69) is 0 Å². The lowest BCUT2D eigenvalue weighted by Gasteiger charge is -2.22. The van der Waals surface area contributed by atoms with Crippen LogP contribution in [-0.2, 0) is 11.3 Å². The maximum Gasteiger partial charge on any atom is 0.234 e. The highest BCUT2D eigenvalue weighted by Crippen LogP contribution is 2.40. The summed E-state index contributed by atoms with van der Waals surface area (Å²) in [4.78, 5) is 13.5. The summed E-state index contributed by atoms with van der Waals surface area (Å²) in [6.45, 7) is 1.78. The standard InChI is InChI=1S/C15H12F3NO2S/c1-8-2-3-12(21-8)15-19(13(20)7-22-15)6-9-4-10(16)14(18)11(17)5-9/h2-5,15H,6-7H2,1H3. The molecule has 22 heavy (non-hydrogen) atoms. The normalized spacial score (nSPS) is 18.3. The molecule has 116 valence electrons. The van der Waals surface area contributed by atoms with Gasteiger partial charge < -0.3 is 9.32 Å². The van der Waals surface area contributed by atoms with Crippen molar-refractivity contribution in [3.63, 3.8) is 0 Å². The van der Waals surface area contributed by atoms with Crippen molar-refractivity contribution in [2.45, 2.75) is 18.8 Å². The Labute approximate surface area is 129 Å². The van der Waals surface area contributed by atoms with Crippen molar-refractivity contribution in [2.75, 3.05) is 5.75 Å². The summed E-state index contributed by atoms with van der Waals surface area (Å²) < 4.78 is 45.1. The Bertz CT molecular complexity index is 708. The van der Waals surface area contributed by atoms with Crippen LogP contribution >= 0.6 is 11.8 Å². The Morgan fingerprint density at radius 1 is 1.27 bits per heavy atom. The number of amides is 1. The highest BCUT2D eigenvalue weighted by molar-refractivity contribution is 8.00. The van der Waals surface area contributed by atoms with Gasteiger partial charge >= 0.3 is 0 Å². The van der Waals surface area contributed by atoms with Gasteiger partial charge in [0.15, 0.2) is 17.5 Å². The van der Waals surface area contributed by atoms with Gasteiger partial charge in [-0.3, -0.25) is 4.79 Å². The summed E-state index contributed by atoms with van der Waals surface area (Å²) in [6.07, 6.45) is 0. The second-order valence-electron chi connectivity index (χ2n) is 5.01. The molecule has 1 aliphatic heterocycles. The fourth-order valence-corrected chi connectivity index (χ4v) is 3.47. The molecule has 1 saturated heterocycles. The van der Waals surface area contributed by atoms with E-state index in [1.165, 1.54) is 16.7 Å². The minimum atomic E-state index is -1.51. The van der Waals surface area contributed by atoms with Gasteiger partial charge in [0.05, 0.1) is 5.75 Å². The third-order valence-corrected chi connectivity index (χ3v) is 4.59. The average molecular weight is 327 g/mol. The number of rotatable bonds is 3. The highest BCUT2D eigenvalue weighted by atomic mass is 32.2. The molecule has 2 aromatic rings. The Morgan fingerprint density at radius 3 is 2.55 bits per heavy atom. The summed E-state index contributed by atoms with van der Waals surface area (Å²) in [5.41, 5.74) is 0.195. The third-order valence-electron chi connectivity index (χ3n) is 3.37. The van der Waals surface area contributed by atoms with Crippen molar-refractivity contribution in [3.8, 4) is 0 Å². The summed E-state index contributed by atoms with van der Waals surface area (Å²) in [5.74, 6) is -2.61. The minimum absolute atomic E-state index is 0.00956. The molecule has 1 atom stereocenters. The van der Waals surface area contributed by atoms with E-state index in [-0.39, 0.29) is 29.1 Å². The second kappa shape index (κ2) is 5.72. The Kier molecular flexibility index (Phi) is 3.90. The van der Waals surface area contributed by atoms with Gasteiger partial charge in [-0.15, -0.1) is 11.8 Å². The average Bonchev–Trinajstić information content (AvgIpc) is 3.03. The molecule has 0 bridgehead atoms. The summed E-state index contributed by atoms with van der Waals surface area (Å²) >= 11 is 1.38. The number of furan rings is 1. The minimum Gasteiger partial charge on any atom is -0.463 e. The quantitative estimate of drug-likeness (QED) is 0.805. The first-order valence-electron chi connectivity index (χ1n) is 6.56. The van der Waals surface area contributed by atoms with Crippen LogP contribution in [0.3, 0.4) is 0 Å². The molecule has 7 heteroatoms. The molecule has 3 nitrogen and oxygen atoms in total. The Balaban J connectivity index is 1.87. The fourth-order valence-electron chi connectivity index (χ4n) is 2.34. The lowest BCUT2D eigenvalue weighted by molar-refractivity contribution is -0.128. The van der Waals surface area contributed by atoms with Gasteiger partial charge in [-0.2, -0.15) is 0 Å². The van der Waals surface area contributed by atoms with Crippen molar-refractivity contribution >= 4 is 17.7 Å². The number of hydrogen-bond donors (Lipinski definition) is 0. The van der Waals surface area contributed by atoms with E-state index in [0.717, 1.165) is 12.1 Å². The molecule has 1 amide bonds. The number of hydrogen-bond acceptors (Lipinski definition) is 3. The Hall–Kier alpha value is -1.89. The van der Waals surface area contributed by atoms with Gasteiger partial charge in [0.2, 0.25) is 5.91 Å². The molecule has 1 aromatic heterocycles. The molecule has 0 spiro atoms. The number of aryl methyl sites for hydroxylation is 1. The van der Waals surface area contributed by atoms with Crippen molar-refractivity contribution in [2.24, 2.45) is 0 Å². The summed E-state index contributed by atoms with van der Waals surface area (Å²) in [7, 11) is 0. The van der Waals surface area contributed by atoms with Crippen molar-refractivity contribution in [1.82, 2.24) is 4.90 Å². The van der Waals surface area contributed by atoms with E-state index >= 15 is 0 Å². The van der Waals surface area contributed by atoms with E-state index in [4.69, 9.17) is 4.42 Å². The smallest absolute Gasteiger partial charge is 0.234 e. The van der Waals surface area contributed by atoms with Crippen LogP contribution in [0.4, 0.5) is 13.2 Å². The predicted octanol–water partition coefficient (Wildman–Crippen LogP) is 3.78. The lowest BCUT2D eigenvalue weighted by atomic mass is 10.2. The van der Waals surface area contributed by atoms with Gasteiger partial charge in [0, 0.05) is 6.54 Å². The zero-order valence-corrected chi connectivity index (χ0v) is 12.4. The topological polar surface area (TPSA) is 33.5 Å². The van der Waals surface area contributed by atoms with Crippen LogP contribution in [0, 0.1) is 24.4 Å². The van der Waals surface area contributed by atoms with Crippen LogP contribution in [0.25, 0.3) is 0 Å². The molecule has 1 unspecified atom stereocenters. The first kappa shape index (κ1) is 15.0. The zero-order valence-electron chi connectivity index (χ0n) is 11.6. The number of benzene rings is 1. The number of carbonyl (C=O) groups excluding carboxylic acids is 1. The molecule has 0 radical (unpaired) electrons. The molecule has 1 aliphatic rings. The van der Waals surface area contributed by atoms with E-state index in [0.29, 0.717) is 11.5 Å². The van der Waals surface area contributed by atoms with E-state index < -0.39 is 17.5 Å². The van der Waals surface area contributed by atoms with E-state index in [1.807, 2.05) is 0 Å². The number of nitrogens with zero attached hydrogens (tertiary/aromatic N) is 1. The second-order valence-corrected chi connectivity index (χ2v) is 6.08. The largest absolute Gasteiger partial charge is 0.463 e. The van der Waals surface area contributed by atoms with Crippen LogP contribution in [0.5, 0.6) is 0 Å². The summed E-state index contributed by atoms with van der Waals surface area (Å²) in [5, 5.41) is -0.350. The van der Waals surface area contributed by atoms with Crippen LogP contribution < -0.4 is 0 Å². The molecule has 0 aliphatic carbocycles. The zero-order chi connectivity index (χ0) is 15.9.